The first-order valence-corrected chi connectivity index (χ1v) is 7.29. The number of aromatic nitrogens is 1. The van der Waals surface area contributed by atoms with Crippen molar-refractivity contribution >= 4 is 46.0 Å². The van der Waals surface area contributed by atoms with E-state index in [0.29, 0.717) is 0 Å². The minimum Gasteiger partial charge on any atom is -0.478 e. The molecule has 21 heavy (non-hydrogen) atoms. The number of halogens is 2. The molecule has 1 aromatic heterocycles. The molecule has 2 rings (SSSR count). The van der Waals surface area contributed by atoms with Crippen LogP contribution in [-0.4, -0.2) is 21.0 Å². The summed E-state index contributed by atoms with van der Waals surface area (Å²) >= 11 is 2.39. The molecule has 1 N–H and O–H groups in total. The molecule has 0 aliphatic rings. The third kappa shape index (κ3) is 3.47. The van der Waals surface area contributed by atoms with Crippen molar-refractivity contribution in [3.8, 4) is 0 Å². The number of nitrogens with zero attached hydrogens (tertiary/aromatic N) is 2. The van der Waals surface area contributed by atoms with E-state index in [1.807, 2.05) is 0 Å². The quantitative estimate of drug-likeness (QED) is 0.462. The van der Waals surface area contributed by atoms with Gasteiger partial charge in [-0.05, 0) is 40.8 Å². The van der Waals surface area contributed by atoms with Gasteiger partial charge in [0, 0.05) is 12.3 Å². The first kappa shape index (κ1) is 15.6. The Balaban J connectivity index is 2.52. The van der Waals surface area contributed by atoms with Gasteiger partial charge >= 0.3 is 5.97 Å². The second kappa shape index (κ2) is 6.35. The van der Waals surface area contributed by atoms with E-state index in [1.165, 1.54) is 18.3 Å². The maximum atomic E-state index is 13.6. The third-order valence-corrected chi connectivity index (χ3v) is 4.30. The highest BCUT2D eigenvalue weighted by Gasteiger charge is 2.21. The summed E-state index contributed by atoms with van der Waals surface area (Å²) in [7, 11) is 0. The van der Waals surface area contributed by atoms with Crippen molar-refractivity contribution in [2.24, 2.45) is 0 Å². The van der Waals surface area contributed by atoms with Crippen molar-refractivity contribution in [2.45, 2.75) is 9.92 Å². The lowest BCUT2D eigenvalue weighted by molar-refractivity contribution is -0.387. The molecule has 0 amide bonds. The highest BCUT2D eigenvalue weighted by molar-refractivity contribution is 14.1. The van der Waals surface area contributed by atoms with Crippen molar-refractivity contribution in [1.29, 1.82) is 0 Å². The van der Waals surface area contributed by atoms with E-state index < -0.39 is 16.7 Å². The number of benzene rings is 1. The van der Waals surface area contributed by atoms with E-state index in [4.69, 9.17) is 5.11 Å². The first-order chi connectivity index (χ1) is 9.90. The van der Waals surface area contributed by atoms with E-state index in [2.05, 4.69) is 4.98 Å². The van der Waals surface area contributed by atoms with E-state index in [-0.39, 0.29) is 24.7 Å². The molecule has 9 heteroatoms. The van der Waals surface area contributed by atoms with Gasteiger partial charge in [-0.2, -0.15) is 0 Å². The Morgan fingerprint density at radius 1 is 1.48 bits per heavy atom. The van der Waals surface area contributed by atoms with Crippen molar-refractivity contribution in [2.75, 3.05) is 0 Å². The largest absolute Gasteiger partial charge is 0.478 e. The number of carboxylic acids is 1. The SMILES string of the molecule is O=C(O)c1cccnc1Sc1cc(F)c(I)cc1[N+](=O)[O-]. The second-order valence-electron chi connectivity index (χ2n) is 3.75. The molecule has 0 radical (unpaired) electrons. The molecule has 0 unspecified atom stereocenters. The minimum absolute atomic E-state index is 0.000819. The molecule has 0 aliphatic heterocycles. The van der Waals surface area contributed by atoms with Crippen LogP contribution < -0.4 is 0 Å². The summed E-state index contributed by atoms with van der Waals surface area (Å²) in [4.78, 5) is 25.3. The Labute approximate surface area is 135 Å². The fourth-order valence-electron chi connectivity index (χ4n) is 1.48. The summed E-state index contributed by atoms with van der Waals surface area (Å²) in [6.07, 6.45) is 1.36. The first-order valence-electron chi connectivity index (χ1n) is 5.39. The van der Waals surface area contributed by atoms with Crippen LogP contribution in [0.15, 0.2) is 40.4 Å². The van der Waals surface area contributed by atoms with Gasteiger partial charge in [-0.25, -0.2) is 14.2 Å². The zero-order valence-electron chi connectivity index (χ0n) is 10.1. The zero-order valence-corrected chi connectivity index (χ0v) is 13.1. The van der Waals surface area contributed by atoms with Crippen LogP contribution in [0.25, 0.3) is 0 Å². The fraction of sp³-hybridized carbons (Fsp3) is 0. The maximum Gasteiger partial charge on any atom is 0.338 e. The summed E-state index contributed by atoms with van der Waals surface area (Å²) in [5, 5.41) is 20.1. The highest BCUT2D eigenvalue weighted by atomic mass is 127. The number of pyridine rings is 1. The summed E-state index contributed by atoms with van der Waals surface area (Å²) < 4.78 is 13.7. The van der Waals surface area contributed by atoms with Crippen molar-refractivity contribution in [3.63, 3.8) is 0 Å². The monoisotopic (exact) mass is 420 g/mol. The molecule has 0 aliphatic carbocycles. The molecule has 2 aromatic rings. The Bertz CT molecular complexity index is 741. The van der Waals surface area contributed by atoms with Crippen LogP contribution >= 0.6 is 34.4 Å². The summed E-state index contributed by atoms with van der Waals surface area (Å²) in [6, 6.07) is 4.87. The van der Waals surface area contributed by atoms with Gasteiger partial charge in [0.05, 0.1) is 19.0 Å². The van der Waals surface area contributed by atoms with Crippen LogP contribution in [0.1, 0.15) is 10.4 Å². The number of hydrogen-bond donors (Lipinski definition) is 1. The number of rotatable bonds is 4. The van der Waals surface area contributed by atoms with Crippen LogP contribution in [0.3, 0.4) is 0 Å². The molecule has 108 valence electrons. The Morgan fingerprint density at radius 3 is 2.81 bits per heavy atom. The maximum absolute atomic E-state index is 13.6. The van der Waals surface area contributed by atoms with Gasteiger partial charge in [-0.3, -0.25) is 10.1 Å². The Kier molecular flexibility index (Phi) is 4.73. The van der Waals surface area contributed by atoms with E-state index >= 15 is 0 Å². The molecular formula is C12H6FIN2O4S. The number of hydrogen-bond acceptors (Lipinski definition) is 5. The van der Waals surface area contributed by atoms with E-state index in [0.717, 1.165) is 23.9 Å². The number of aromatic carboxylic acids is 1. The van der Waals surface area contributed by atoms with Crippen molar-refractivity contribution < 1.29 is 19.2 Å². The summed E-state index contributed by atoms with van der Waals surface area (Å²) in [5.41, 5.74) is -0.399. The Hall–Kier alpha value is -1.75. The molecule has 0 saturated carbocycles. The molecule has 0 spiro atoms. The molecule has 1 heterocycles. The van der Waals surface area contributed by atoms with Crippen LogP contribution in [0.2, 0.25) is 0 Å². The summed E-state index contributed by atoms with van der Waals surface area (Å²) in [5.74, 6) is -1.82. The number of nitro benzene ring substituents is 1. The molecule has 0 bridgehead atoms. The molecular weight excluding hydrogens is 414 g/mol. The van der Waals surface area contributed by atoms with Gasteiger partial charge in [-0.1, -0.05) is 11.8 Å². The average Bonchev–Trinajstić information content (AvgIpc) is 2.42. The van der Waals surface area contributed by atoms with Gasteiger partial charge in [0.2, 0.25) is 0 Å². The number of carboxylic acid groups (broad SMARTS) is 1. The lowest BCUT2D eigenvalue weighted by Crippen LogP contribution is -2.01. The van der Waals surface area contributed by atoms with Crippen LogP contribution in [0.4, 0.5) is 10.1 Å². The molecule has 0 atom stereocenters. The summed E-state index contributed by atoms with van der Waals surface area (Å²) in [6.45, 7) is 0. The number of carbonyl (C=O) groups is 1. The van der Waals surface area contributed by atoms with Gasteiger partial charge < -0.3 is 5.11 Å². The van der Waals surface area contributed by atoms with E-state index in [9.17, 15) is 19.3 Å². The van der Waals surface area contributed by atoms with Crippen LogP contribution in [-0.2, 0) is 0 Å². The predicted molar refractivity (Wildman–Crippen MR) is 81.1 cm³/mol. The molecule has 6 nitrogen and oxygen atoms in total. The average molecular weight is 420 g/mol. The van der Waals surface area contributed by atoms with Crippen molar-refractivity contribution in [3.05, 3.63) is 55.5 Å². The topological polar surface area (TPSA) is 93.3 Å². The lowest BCUT2D eigenvalue weighted by atomic mass is 10.3. The molecule has 1 aromatic carbocycles. The van der Waals surface area contributed by atoms with Gasteiger partial charge in [0.25, 0.3) is 5.69 Å². The Morgan fingerprint density at radius 2 is 2.19 bits per heavy atom. The predicted octanol–water partition coefficient (Wildman–Crippen LogP) is 3.58. The van der Waals surface area contributed by atoms with Crippen molar-refractivity contribution in [1.82, 2.24) is 4.98 Å². The smallest absolute Gasteiger partial charge is 0.338 e. The van der Waals surface area contributed by atoms with Crippen LogP contribution in [0, 0.1) is 19.5 Å². The van der Waals surface area contributed by atoms with Gasteiger partial charge in [-0.15, -0.1) is 0 Å². The van der Waals surface area contributed by atoms with Gasteiger partial charge in [0.1, 0.15) is 10.8 Å². The standard InChI is InChI=1S/C12H6FIN2O4S/c13-7-4-10(9(16(19)20)5-8(7)14)21-11-6(12(17)18)2-1-3-15-11/h1-5H,(H,17,18). The zero-order chi connectivity index (χ0) is 15.6. The lowest BCUT2D eigenvalue weighted by Gasteiger charge is -2.06. The van der Waals surface area contributed by atoms with E-state index in [1.54, 1.807) is 22.6 Å². The normalized spacial score (nSPS) is 10.4. The number of nitro groups is 1. The van der Waals surface area contributed by atoms with Crippen LogP contribution in [0.5, 0.6) is 0 Å². The highest BCUT2D eigenvalue weighted by Crippen LogP contribution is 2.37. The molecule has 0 fully saturated rings. The fourth-order valence-corrected chi connectivity index (χ4v) is 2.92. The second-order valence-corrected chi connectivity index (χ2v) is 5.95. The molecule has 0 saturated heterocycles. The minimum atomic E-state index is -1.21. The van der Waals surface area contributed by atoms with Gasteiger partial charge in [0.15, 0.2) is 0 Å². The third-order valence-electron chi connectivity index (χ3n) is 2.41.